The number of pyridine rings is 1. The summed E-state index contributed by atoms with van der Waals surface area (Å²) in [7, 11) is 0. The van der Waals surface area contributed by atoms with Crippen LogP contribution >= 0.6 is 11.6 Å². The fraction of sp³-hybridized carbons (Fsp3) is 0. The molecular formula is C6H4ClN3O2. The van der Waals surface area contributed by atoms with Crippen LogP contribution in [0.1, 0.15) is 5.69 Å². The van der Waals surface area contributed by atoms with Crippen molar-refractivity contribution in [3.63, 3.8) is 0 Å². The van der Waals surface area contributed by atoms with Gasteiger partial charge in [0, 0.05) is 0 Å². The maximum atomic E-state index is 8.52. The van der Waals surface area contributed by atoms with Crippen molar-refractivity contribution in [2.24, 2.45) is 0 Å². The Hall–Kier alpha value is -1.35. The van der Waals surface area contributed by atoms with Gasteiger partial charge in [0.15, 0.2) is 5.69 Å². The van der Waals surface area contributed by atoms with E-state index in [1.165, 1.54) is 6.07 Å². The van der Waals surface area contributed by atoms with Gasteiger partial charge in [0.05, 0.1) is 11.2 Å². The Kier molecular flexibility index (Phi) is 2.45. The first-order valence-corrected chi connectivity index (χ1v) is 3.26. The van der Waals surface area contributed by atoms with E-state index in [4.69, 9.17) is 27.3 Å². The van der Waals surface area contributed by atoms with Gasteiger partial charge in [-0.2, -0.15) is 5.26 Å². The van der Waals surface area contributed by atoms with Crippen LogP contribution in [0.4, 0.5) is 5.69 Å². The molecule has 6 heteroatoms. The second kappa shape index (κ2) is 3.36. The first kappa shape index (κ1) is 8.74. The number of aromatic nitrogens is 1. The van der Waals surface area contributed by atoms with Crippen LogP contribution in [0, 0.1) is 11.3 Å². The maximum Gasteiger partial charge on any atom is 0.159 e. The van der Waals surface area contributed by atoms with E-state index in [0.717, 1.165) is 6.20 Å². The SMILES string of the molecule is N#Cc1ncc(N(O)O)cc1Cl. The normalized spacial score (nSPS) is 9.17. The standard InChI is InChI=1S/C6H4ClN3O2/c7-5-1-4(10(11)12)3-9-6(5)2-8/h1,3,11-12H. The van der Waals surface area contributed by atoms with E-state index in [9.17, 15) is 0 Å². The van der Waals surface area contributed by atoms with Crippen molar-refractivity contribution in [2.45, 2.75) is 0 Å². The number of rotatable bonds is 1. The van der Waals surface area contributed by atoms with Gasteiger partial charge >= 0.3 is 0 Å². The Morgan fingerprint density at radius 1 is 1.58 bits per heavy atom. The minimum Gasteiger partial charge on any atom is -0.264 e. The van der Waals surface area contributed by atoms with Crippen LogP contribution in [0.2, 0.25) is 5.02 Å². The van der Waals surface area contributed by atoms with Gasteiger partial charge in [-0.3, -0.25) is 10.4 Å². The molecule has 2 N–H and O–H groups in total. The zero-order valence-electron chi connectivity index (χ0n) is 5.77. The van der Waals surface area contributed by atoms with Gasteiger partial charge in [0.1, 0.15) is 11.8 Å². The second-order valence-electron chi connectivity index (χ2n) is 1.93. The second-order valence-corrected chi connectivity index (χ2v) is 2.33. The topological polar surface area (TPSA) is 80.4 Å². The predicted molar refractivity (Wildman–Crippen MR) is 40.0 cm³/mol. The summed E-state index contributed by atoms with van der Waals surface area (Å²) in [5.41, 5.74) is 0.0428. The highest BCUT2D eigenvalue weighted by Gasteiger charge is 2.05. The fourth-order valence-electron chi connectivity index (χ4n) is 0.619. The Bertz CT molecular complexity index is 334. The molecule has 0 atom stereocenters. The van der Waals surface area contributed by atoms with E-state index >= 15 is 0 Å². The lowest BCUT2D eigenvalue weighted by atomic mass is 10.3. The van der Waals surface area contributed by atoms with Crippen molar-refractivity contribution < 1.29 is 10.4 Å². The van der Waals surface area contributed by atoms with Gasteiger partial charge in [0.25, 0.3) is 0 Å². The third-order valence-corrected chi connectivity index (χ3v) is 1.45. The van der Waals surface area contributed by atoms with Gasteiger partial charge in [-0.25, -0.2) is 4.98 Å². The summed E-state index contributed by atoms with van der Waals surface area (Å²) in [6.07, 6.45) is 1.12. The third-order valence-electron chi connectivity index (χ3n) is 1.16. The molecule has 0 bridgehead atoms. The molecule has 12 heavy (non-hydrogen) atoms. The zero-order chi connectivity index (χ0) is 9.14. The van der Waals surface area contributed by atoms with Crippen molar-refractivity contribution >= 4 is 17.3 Å². The van der Waals surface area contributed by atoms with Crippen molar-refractivity contribution in [1.29, 1.82) is 5.26 Å². The molecule has 0 unspecified atom stereocenters. The van der Waals surface area contributed by atoms with Crippen LogP contribution in [0.5, 0.6) is 0 Å². The van der Waals surface area contributed by atoms with E-state index in [1.54, 1.807) is 6.07 Å². The molecule has 0 radical (unpaired) electrons. The number of hydrogen-bond acceptors (Lipinski definition) is 5. The lowest BCUT2D eigenvalue weighted by molar-refractivity contribution is 0.0290. The summed E-state index contributed by atoms with van der Waals surface area (Å²) in [6.45, 7) is 0. The third kappa shape index (κ3) is 1.62. The lowest BCUT2D eigenvalue weighted by Crippen LogP contribution is -2.11. The molecule has 0 aliphatic carbocycles. The quantitative estimate of drug-likeness (QED) is 0.643. The van der Waals surface area contributed by atoms with Crippen molar-refractivity contribution in [2.75, 3.05) is 5.23 Å². The number of nitrogens with zero attached hydrogens (tertiary/aromatic N) is 3. The maximum absolute atomic E-state index is 8.52. The molecule has 0 aromatic carbocycles. The smallest absolute Gasteiger partial charge is 0.159 e. The zero-order valence-corrected chi connectivity index (χ0v) is 6.52. The van der Waals surface area contributed by atoms with E-state index in [2.05, 4.69) is 4.98 Å². The minimum absolute atomic E-state index is 0.000926. The molecule has 1 heterocycles. The molecule has 0 saturated heterocycles. The number of hydrogen-bond donors (Lipinski definition) is 2. The molecule has 62 valence electrons. The van der Waals surface area contributed by atoms with E-state index in [0.29, 0.717) is 0 Å². The number of nitriles is 1. The molecule has 1 aromatic rings. The summed E-state index contributed by atoms with van der Waals surface area (Å²) in [4.78, 5) is 3.56. The molecule has 0 amide bonds. The largest absolute Gasteiger partial charge is 0.264 e. The highest BCUT2D eigenvalue weighted by Crippen LogP contribution is 2.18. The lowest BCUT2D eigenvalue weighted by Gasteiger charge is -2.06. The van der Waals surface area contributed by atoms with Crippen LogP contribution in [-0.2, 0) is 0 Å². The molecule has 0 aliphatic heterocycles. The summed E-state index contributed by atoms with van der Waals surface area (Å²) in [5, 5.41) is 25.4. The van der Waals surface area contributed by atoms with Crippen molar-refractivity contribution in [3.8, 4) is 6.07 Å². The summed E-state index contributed by atoms with van der Waals surface area (Å²) < 4.78 is 0. The molecule has 0 fully saturated rings. The summed E-state index contributed by atoms with van der Waals surface area (Å²) in [6, 6.07) is 2.95. The number of anilines is 1. The van der Waals surface area contributed by atoms with Crippen LogP contribution in [0.3, 0.4) is 0 Å². The Morgan fingerprint density at radius 3 is 2.67 bits per heavy atom. The molecule has 1 rings (SSSR count). The highest BCUT2D eigenvalue weighted by molar-refractivity contribution is 6.31. The van der Waals surface area contributed by atoms with Crippen LogP contribution in [-0.4, -0.2) is 15.4 Å². The van der Waals surface area contributed by atoms with Gasteiger partial charge in [0.2, 0.25) is 0 Å². The van der Waals surface area contributed by atoms with Gasteiger partial charge in [-0.15, -0.1) is 5.23 Å². The van der Waals surface area contributed by atoms with Gasteiger partial charge in [-0.05, 0) is 6.07 Å². The summed E-state index contributed by atoms with van der Waals surface area (Å²) in [5.74, 6) is 0. The van der Waals surface area contributed by atoms with Crippen molar-refractivity contribution in [1.82, 2.24) is 4.98 Å². The van der Waals surface area contributed by atoms with E-state index < -0.39 is 0 Å². The summed E-state index contributed by atoms with van der Waals surface area (Å²) >= 11 is 5.54. The predicted octanol–water partition coefficient (Wildman–Crippen LogP) is 1.19. The van der Waals surface area contributed by atoms with Gasteiger partial charge < -0.3 is 0 Å². The first-order valence-electron chi connectivity index (χ1n) is 2.88. The number of halogens is 1. The van der Waals surface area contributed by atoms with E-state index in [1.807, 2.05) is 0 Å². The molecule has 5 nitrogen and oxygen atoms in total. The van der Waals surface area contributed by atoms with Crippen LogP contribution < -0.4 is 5.23 Å². The van der Waals surface area contributed by atoms with Crippen LogP contribution in [0.15, 0.2) is 12.3 Å². The minimum atomic E-state index is -0.125. The Morgan fingerprint density at radius 2 is 2.25 bits per heavy atom. The molecule has 0 aliphatic rings. The van der Waals surface area contributed by atoms with Crippen LogP contribution in [0.25, 0.3) is 0 Å². The molecule has 0 saturated carbocycles. The molecule has 1 aromatic heterocycles. The molecule has 0 spiro atoms. The fourth-order valence-corrected chi connectivity index (χ4v) is 0.822. The van der Waals surface area contributed by atoms with Crippen molar-refractivity contribution in [3.05, 3.63) is 23.0 Å². The monoisotopic (exact) mass is 185 g/mol. The highest BCUT2D eigenvalue weighted by atomic mass is 35.5. The van der Waals surface area contributed by atoms with E-state index in [-0.39, 0.29) is 21.6 Å². The molecular weight excluding hydrogens is 182 g/mol. The Labute approximate surface area is 73.0 Å². The first-order chi connectivity index (χ1) is 5.65. The van der Waals surface area contributed by atoms with Gasteiger partial charge in [-0.1, -0.05) is 11.6 Å². The Balaban J connectivity index is 3.12. The average Bonchev–Trinajstić information content (AvgIpc) is 2.04. The average molecular weight is 186 g/mol.